The van der Waals surface area contributed by atoms with Crippen molar-refractivity contribution >= 4 is 32.1 Å². The van der Waals surface area contributed by atoms with Gasteiger partial charge in [0.15, 0.2) is 0 Å². The van der Waals surface area contributed by atoms with Crippen molar-refractivity contribution in [3.05, 3.63) is 22.4 Å². The van der Waals surface area contributed by atoms with E-state index in [4.69, 9.17) is 0 Å². The summed E-state index contributed by atoms with van der Waals surface area (Å²) in [6.07, 6.45) is 0.577. The maximum absolute atomic E-state index is 9.93. The molecule has 1 unspecified atom stereocenters. The summed E-state index contributed by atoms with van der Waals surface area (Å²) in [7, 11) is 0. The summed E-state index contributed by atoms with van der Waals surface area (Å²) in [5, 5.41) is 12.0. The highest BCUT2D eigenvalue weighted by Gasteiger charge is 2.13. The fourth-order valence-corrected chi connectivity index (χ4v) is 3.63. The molecule has 2 aromatic heterocycles. The van der Waals surface area contributed by atoms with Crippen molar-refractivity contribution in [2.45, 2.75) is 26.4 Å². The van der Waals surface area contributed by atoms with Crippen LogP contribution < -0.4 is 0 Å². The molecule has 0 bridgehead atoms. The minimum Gasteiger partial charge on any atom is -0.388 e. The number of hydrogen-bond acceptors (Lipinski definition) is 3. The van der Waals surface area contributed by atoms with Crippen LogP contribution >= 0.6 is 22.7 Å². The van der Waals surface area contributed by atoms with Crippen LogP contribution in [0.25, 0.3) is 9.40 Å². The highest BCUT2D eigenvalue weighted by Crippen LogP contribution is 2.35. The van der Waals surface area contributed by atoms with E-state index in [-0.39, 0.29) is 6.10 Å². The molecule has 2 rings (SSSR count). The van der Waals surface area contributed by atoms with E-state index in [1.54, 1.807) is 22.7 Å². The first-order valence-corrected chi connectivity index (χ1v) is 6.51. The van der Waals surface area contributed by atoms with Crippen LogP contribution in [-0.2, 0) is 0 Å². The van der Waals surface area contributed by atoms with Crippen LogP contribution in [0, 0.1) is 5.92 Å². The molecule has 2 aromatic rings. The molecule has 0 aliphatic rings. The second-order valence-corrected chi connectivity index (χ2v) is 6.01. The molecular weight excluding hydrogens is 212 g/mol. The number of aliphatic hydroxyl groups is 1. The molecule has 14 heavy (non-hydrogen) atoms. The summed E-state index contributed by atoms with van der Waals surface area (Å²) in [6, 6.07) is 4.24. The van der Waals surface area contributed by atoms with E-state index in [1.807, 2.05) is 0 Å². The topological polar surface area (TPSA) is 20.2 Å². The molecule has 0 saturated carbocycles. The van der Waals surface area contributed by atoms with Gasteiger partial charge in [-0.1, -0.05) is 13.8 Å². The van der Waals surface area contributed by atoms with Crippen molar-refractivity contribution in [3.63, 3.8) is 0 Å². The van der Waals surface area contributed by atoms with Crippen molar-refractivity contribution in [1.29, 1.82) is 0 Å². The van der Waals surface area contributed by atoms with Gasteiger partial charge in [0, 0.05) is 14.3 Å². The first-order chi connectivity index (χ1) is 6.66. The molecule has 0 aliphatic heterocycles. The van der Waals surface area contributed by atoms with Crippen LogP contribution in [0.3, 0.4) is 0 Å². The first-order valence-electron chi connectivity index (χ1n) is 4.82. The fraction of sp³-hybridized carbons (Fsp3) is 0.455. The lowest BCUT2D eigenvalue weighted by Crippen LogP contribution is -1.99. The summed E-state index contributed by atoms with van der Waals surface area (Å²) in [4.78, 5) is 1.11. The zero-order valence-electron chi connectivity index (χ0n) is 8.36. The Morgan fingerprint density at radius 3 is 2.79 bits per heavy atom. The van der Waals surface area contributed by atoms with Crippen LogP contribution in [0.1, 0.15) is 31.2 Å². The van der Waals surface area contributed by atoms with Gasteiger partial charge in [-0.15, -0.1) is 22.7 Å². The normalized spacial score (nSPS) is 14.0. The zero-order valence-corrected chi connectivity index (χ0v) is 9.99. The van der Waals surface area contributed by atoms with E-state index in [0.29, 0.717) is 5.92 Å². The predicted octanol–water partition coefficient (Wildman–Crippen LogP) is 4.04. The van der Waals surface area contributed by atoms with E-state index in [2.05, 4.69) is 31.4 Å². The van der Waals surface area contributed by atoms with Crippen LogP contribution in [0.5, 0.6) is 0 Å². The molecule has 2 heterocycles. The fourth-order valence-electron chi connectivity index (χ4n) is 1.51. The first kappa shape index (κ1) is 10.1. The van der Waals surface area contributed by atoms with Crippen molar-refractivity contribution in [1.82, 2.24) is 0 Å². The Kier molecular flexibility index (Phi) is 2.91. The number of fused-ring (bicyclic) bond motifs is 1. The molecule has 1 atom stereocenters. The molecule has 0 aliphatic carbocycles. The molecule has 0 aromatic carbocycles. The van der Waals surface area contributed by atoms with Gasteiger partial charge in [-0.25, -0.2) is 0 Å². The Balaban J connectivity index is 2.21. The highest BCUT2D eigenvalue weighted by molar-refractivity contribution is 7.26. The van der Waals surface area contributed by atoms with Gasteiger partial charge >= 0.3 is 0 Å². The smallest absolute Gasteiger partial charge is 0.0885 e. The summed E-state index contributed by atoms with van der Waals surface area (Å²) >= 11 is 3.46. The standard InChI is InChI=1S/C11H14OS2/c1-7(2)5-8(12)10-6-11-9(14-10)3-4-13-11/h3-4,6-8,12H,5H2,1-2H3. The van der Waals surface area contributed by atoms with Crippen molar-refractivity contribution in [2.75, 3.05) is 0 Å². The second-order valence-electron chi connectivity index (χ2n) is 3.94. The lowest BCUT2D eigenvalue weighted by molar-refractivity contribution is 0.155. The molecule has 1 N–H and O–H groups in total. The number of aliphatic hydroxyl groups excluding tert-OH is 1. The van der Waals surface area contributed by atoms with Crippen molar-refractivity contribution in [3.8, 4) is 0 Å². The van der Waals surface area contributed by atoms with Crippen molar-refractivity contribution in [2.24, 2.45) is 5.92 Å². The van der Waals surface area contributed by atoms with Crippen LogP contribution in [0.15, 0.2) is 17.5 Å². The number of thiophene rings is 2. The predicted molar refractivity (Wildman–Crippen MR) is 64.1 cm³/mol. The SMILES string of the molecule is CC(C)CC(O)c1cc2sccc2s1. The van der Waals surface area contributed by atoms with Gasteiger partial charge in [0.1, 0.15) is 0 Å². The largest absolute Gasteiger partial charge is 0.388 e. The maximum Gasteiger partial charge on any atom is 0.0885 e. The molecule has 1 nitrogen and oxygen atoms in total. The van der Waals surface area contributed by atoms with Gasteiger partial charge in [0.2, 0.25) is 0 Å². The number of hydrogen-bond donors (Lipinski definition) is 1. The molecule has 0 spiro atoms. The minimum absolute atomic E-state index is 0.278. The molecule has 0 amide bonds. The Morgan fingerprint density at radius 1 is 1.36 bits per heavy atom. The van der Waals surface area contributed by atoms with E-state index < -0.39 is 0 Å². The van der Waals surface area contributed by atoms with Gasteiger partial charge < -0.3 is 5.11 Å². The Labute approximate surface area is 92.0 Å². The Hall–Kier alpha value is -0.380. The molecule has 0 fully saturated rings. The third-order valence-electron chi connectivity index (χ3n) is 2.18. The Morgan fingerprint density at radius 2 is 2.14 bits per heavy atom. The van der Waals surface area contributed by atoms with Gasteiger partial charge in [0.05, 0.1) is 6.10 Å². The summed E-state index contributed by atoms with van der Waals surface area (Å²) in [5.74, 6) is 0.546. The molecule has 76 valence electrons. The quantitative estimate of drug-likeness (QED) is 0.837. The second kappa shape index (κ2) is 4.01. The van der Waals surface area contributed by atoms with E-state index in [9.17, 15) is 5.11 Å². The van der Waals surface area contributed by atoms with Gasteiger partial charge in [-0.2, -0.15) is 0 Å². The number of rotatable bonds is 3. The zero-order chi connectivity index (χ0) is 10.1. The summed E-state index contributed by atoms with van der Waals surface area (Å²) in [6.45, 7) is 4.28. The molecular formula is C11H14OS2. The average Bonchev–Trinajstić information content (AvgIpc) is 2.58. The van der Waals surface area contributed by atoms with Crippen LogP contribution in [0.2, 0.25) is 0 Å². The Bertz CT molecular complexity index is 385. The van der Waals surface area contributed by atoms with Crippen LogP contribution in [-0.4, -0.2) is 5.11 Å². The molecule has 0 radical (unpaired) electrons. The van der Waals surface area contributed by atoms with E-state index >= 15 is 0 Å². The summed E-state index contributed by atoms with van der Waals surface area (Å²) < 4.78 is 2.60. The van der Waals surface area contributed by atoms with E-state index in [1.165, 1.54) is 9.40 Å². The van der Waals surface area contributed by atoms with Gasteiger partial charge in [0.25, 0.3) is 0 Å². The van der Waals surface area contributed by atoms with Crippen molar-refractivity contribution < 1.29 is 5.11 Å². The molecule has 3 heteroatoms. The third-order valence-corrected chi connectivity index (χ3v) is 4.38. The van der Waals surface area contributed by atoms with Gasteiger partial charge in [-0.3, -0.25) is 0 Å². The minimum atomic E-state index is -0.278. The lowest BCUT2D eigenvalue weighted by atomic mass is 10.1. The lowest BCUT2D eigenvalue weighted by Gasteiger charge is -2.10. The average molecular weight is 226 g/mol. The third kappa shape index (κ3) is 2.00. The highest BCUT2D eigenvalue weighted by atomic mass is 32.1. The maximum atomic E-state index is 9.93. The van der Waals surface area contributed by atoms with E-state index in [0.717, 1.165) is 11.3 Å². The summed E-state index contributed by atoms with van der Waals surface area (Å²) in [5.41, 5.74) is 0. The van der Waals surface area contributed by atoms with Gasteiger partial charge in [-0.05, 0) is 29.9 Å². The van der Waals surface area contributed by atoms with Crippen LogP contribution in [0.4, 0.5) is 0 Å². The monoisotopic (exact) mass is 226 g/mol. The molecule has 0 saturated heterocycles.